The van der Waals surface area contributed by atoms with Gasteiger partial charge in [0.15, 0.2) is 5.69 Å². The Balaban J connectivity index is 1.65. The third-order valence-electron chi connectivity index (χ3n) is 4.33. The molecule has 0 atom stereocenters. The fourth-order valence-corrected chi connectivity index (χ4v) is 2.85. The van der Waals surface area contributed by atoms with Gasteiger partial charge in [0, 0.05) is 11.7 Å². The van der Waals surface area contributed by atoms with Crippen molar-refractivity contribution in [3.63, 3.8) is 0 Å². The second-order valence-corrected chi connectivity index (χ2v) is 7.24. The lowest BCUT2D eigenvalue weighted by atomic mass is 10.0. The normalized spacial score (nSPS) is 11.4. The summed E-state index contributed by atoms with van der Waals surface area (Å²) >= 11 is 0. The lowest BCUT2D eigenvalue weighted by Crippen LogP contribution is -2.14. The fourth-order valence-electron chi connectivity index (χ4n) is 2.85. The number of rotatable bonds is 6. The first-order valence-corrected chi connectivity index (χ1v) is 9.12. The predicted molar refractivity (Wildman–Crippen MR) is 103 cm³/mol. The van der Waals surface area contributed by atoms with Crippen molar-refractivity contribution >= 4 is 11.9 Å². The summed E-state index contributed by atoms with van der Waals surface area (Å²) in [5.41, 5.74) is 3.61. The van der Waals surface area contributed by atoms with Crippen LogP contribution in [0.5, 0.6) is 0 Å². The second-order valence-electron chi connectivity index (χ2n) is 7.24. The van der Waals surface area contributed by atoms with Crippen LogP contribution in [0.15, 0.2) is 34.7 Å². The lowest BCUT2D eigenvalue weighted by Gasteiger charge is -2.06. The Labute approximate surface area is 158 Å². The summed E-state index contributed by atoms with van der Waals surface area (Å²) in [6.07, 6.45) is 0.516. The number of anilines is 1. The number of hydrogen-bond acceptors (Lipinski definition) is 5. The molecule has 3 rings (SSSR count). The van der Waals surface area contributed by atoms with Gasteiger partial charge in [-0.3, -0.25) is 14.8 Å². The Bertz CT molecular complexity index is 922. The number of nitrogens with zero attached hydrogens (tertiary/aromatic N) is 4. The molecule has 0 bridgehead atoms. The monoisotopic (exact) mass is 367 g/mol. The highest BCUT2D eigenvalue weighted by atomic mass is 16.4. The minimum atomic E-state index is -0.367. The summed E-state index contributed by atoms with van der Waals surface area (Å²) in [6, 6.07) is 10.3. The van der Waals surface area contributed by atoms with Crippen LogP contribution < -0.4 is 5.32 Å². The summed E-state index contributed by atoms with van der Waals surface area (Å²) < 4.78 is 7.35. The molecule has 1 aromatic carbocycles. The van der Waals surface area contributed by atoms with Crippen LogP contribution in [-0.2, 0) is 6.42 Å². The molecular weight excluding hydrogens is 342 g/mol. The van der Waals surface area contributed by atoms with Crippen molar-refractivity contribution in [3.05, 3.63) is 58.7 Å². The Morgan fingerprint density at radius 3 is 2.44 bits per heavy atom. The summed E-state index contributed by atoms with van der Waals surface area (Å²) in [5.74, 6) is 0.576. The van der Waals surface area contributed by atoms with Gasteiger partial charge in [-0.15, -0.1) is 5.10 Å². The summed E-state index contributed by atoms with van der Waals surface area (Å²) in [4.78, 5) is 12.4. The minimum absolute atomic E-state index is 0.0746. The number of benzene rings is 1. The zero-order chi connectivity index (χ0) is 19.6. The Hall–Kier alpha value is -2.96. The summed E-state index contributed by atoms with van der Waals surface area (Å²) in [6.45, 7) is 10.3. The van der Waals surface area contributed by atoms with Gasteiger partial charge in [-0.2, -0.15) is 5.10 Å². The Morgan fingerprint density at radius 2 is 1.85 bits per heavy atom. The lowest BCUT2D eigenvalue weighted by molar-refractivity contribution is 0.101. The van der Waals surface area contributed by atoms with Crippen LogP contribution in [0.2, 0.25) is 0 Å². The third kappa shape index (κ3) is 4.42. The summed E-state index contributed by atoms with van der Waals surface area (Å²) in [7, 11) is 0. The van der Waals surface area contributed by atoms with E-state index in [1.54, 1.807) is 10.7 Å². The van der Waals surface area contributed by atoms with Crippen molar-refractivity contribution in [1.82, 2.24) is 20.0 Å². The van der Waals surface area contributed by atoms with Gasteiger partial charge in [0.25, 0.3) is 5.91 Å². The van der Waals surface area contributed by atoms with Gasteiger partial charge in [-0.05, 0) is 43.9 Å². The van der Waals surface area contributed by atoms with Crippen molar-refractivity contribution in [1.29, 1.82) is 0 Å². The van der Waals surface area contributed by atoms with Crippen LogP contribution in [0.25, 0.3) is 0 Å². The number of carbonyl (C=O) groups excluding carboxylic acids is 1. The van der Waals surface area contributed by atoms with Crippen molar-refractivity contribution in [3.8, 4) is 0 Å². The van der Waals surface area contributed by atoms with Gasteiger partial charge in [-0.1, -0.05) is 43.2 Å². The predicted octanol–water partition coefficient (Wildman–Crippen LogP) is 4.12. The van der Waals surface area contributed by atoms with Crippen LogP contribution >= 0.6 is 0 Å². The highest BCUT2D eigenvalue weighted by molar-refractivity contribution is 6.01. The van der Waals surface area contributed by atoms with Crippen molar-refractivity contribution in [2.45, 2.75) is 53.0 Å². The average molecular weight is 367 g/mol. The average Bonchev–Trinajstić information content (AvgIpc) is 3.22. The van der Waals surface area contributed by atoms with Gasteiger partial charge >= 0.3 is 6.01 Å². The van der Waals surface area contributed by atoms with Crippen LogP contribution in [0.4, 0.5) is 6.01 Å². The first-order chi connectivity index (χ1) is 12.8. The minimum Gasteiger partial charge on any atom is -0.407 e. The maximum atomic E-state index is 12.4. The van der Waals surface area contributed by atoms with Crippen LogP contribution in [-0.4, -0.2) is 25.9 Å². The van der Waals surface area contributed by atoms with Crippen molar-refractivity contribution in [2.75, 3.05) is 5.32 Å². The molecule has 142 valence electrons. The molecule has 7 nitrogen and oxygen atoms in total. The first kappa shape index (κ1) is 18.8. The molecule has 0 aliphatic heterocycles. The zero-order valence-electron chi connectivity index (χ0n) is 16.4. The standard InChI is InChI=1S/C20H25N5O2/c1-12(2)16-8-6-15(7-9-16)11-18-22-23-20(27-18)21-19(26)17-10-14(5)25(24-17)13(3)4/h6-10,12-13H,11H2,1-5H3,(H,21,23,26). The van der Waals surface area contributed by atoms with Crippen molar-refractivity contribution < 1.29 is 9.21 Å². The highest BCUT2D eigenvalue weighted by Crippen LogP contribution is 2.17. The molecule has 3 aromatic rings. The fraction of sp³-hybridized carbons (Fsp3) is 0.400. The zero-order valence-corrected chi connectivity index (χ0v) is 16.4. The molecule has 0 aliphatic rings. The van der Waals surface area contributed by atoms with E-state index in [0.29, 0.717) is 23.9 Å². The molecule has 0 saturated carbocycles. The maximum absolute atomic E-state index is 12.4. The molecule has 27 heavy (non-hydrogen) atoms. The van der Waals surface area contributed by atoms with E-state index in [-0.39, 0.29) is 18.0 Å². The molecule has 0 fully saturated rings. The molecule has 0 radical (unpaired) electrons. The number of aromatic nitrogens is 4. The number of amides is 1. The van der Waals surface area contributed by atoms with E-state index in [0.717, 1.165) is 11.3 Å². The number of aryl methyl sites for hydroxylation is 1. The van der Waals surface area contributed by atoms with E-state index < -0.39 is 0 Å². The Kier molecular flexibility index (Phi) is 5.39. The van der Waals surface area contributed by atoms with E-state index in [2.05, 4.69) is 58.7 Å². The highest BCUT2D eigenvalue weighted by Gasteiger charge is 2.17. The third-order valence-corrected chi connectivity index (χ3v) is 4.33. The number of nitrogens with one attached hydrogen (secondary N) is 1. The Morgan fingerprint density at radius 1 is 1.15 bits per heavy atom. The largest absolute Gasteiger partial charge is 0.407 e. The van der Waals surface area contributed by atoms with Gasteiger partial charge < -0.3 is 4.42 Å². The SMILES string of the molecule is Cc1cc(C(=O)Nc2nnc(Cc3ccc(C(C)C)cc3)o2)nn1C(C)C. The molecule has 0 unspecified atom stereocenters. The van der Waals surface area contributed by atoms with E-state index in [1.165, 1.54) is 5.56 Å². The first-order valence-electron chi connectivity index (χ1n) is 9.12. The molecule has 0 spiro atoms. The van der Waals surface area contributed by atoms with Gasteiger partial charge in [0.05, 0.1) is 6.42 Å². The molecule has 7 heteroatoms. The van der Waals surface area contributed by atoms with Crippen molar-refractivity contribution in [2.24, 2.45) is 0 Å². The second kappa shape index (κ2) is 7.73. The molecule has 1 amide bonds. The van der Waals surface area contributed by atoms with Crippen LogP contribution in [0.3, 0.4) is 0 Å². The van der Waals surface area contributed by atoms with E-state index >= 15 is 0 Å². The summed E-state index contributed by atoms with van der Waals surface area (Å²) in [5, 5.41) is 14.8. The van der Waals surface area contributed by atoms with Crippen LogP contribution in [0, 0.1) is 6.92 Å². The molecule has 2 aromatic heterocycles. The van der Waals surface area contributed by atoms with Gasteiger partial charge in [-0.25, -0.2) is 0 Å². The number of carbonyl (C=O) groups is 1. The van der Waals surface area contributed by atoms with E-state index in [1.807, 2.05) is 20.8 Å². The van der Waals surface area contributed by atoms with E-state index in [4.69, 9.17) is 4.42 Å². The molecule has 2 heterocycles. The van der Waals surface area contributed by atoms with Gasteiger partial charge in [0.1, 0.15) is 0 Å². The number of hydrogen-bond donors (Lipinski definition) is 1. The topological polar surface area (TPSA) is 85.8 Å². The molecular formula is C20H25N5O2. The maximum Gasteiger partial charge on any atom is 0.322 e. The molecule has 1 N–H and O–H groups in total. The van der Waals surface area contributed by atoms with Gasteiger partial charge in [0.2, 0.25) is 5.89 Å². The molecule has 0 saturated heterocycles. The smallest absolute Gasteiger partial charge is 0.322 e. The van der Waals surface area contributed by atoms with Crippen LogP contribution in [0.1, 0.15) is 72.9 Å². The quantitative estimate of drug-likeness (QED) is 0.708. The molecule has 0 aliphatic carbocycles. The van der Waals surface area contributed by atoms with E-state index in [9.17, 15) is 4.79 Å².